The number of hydrazone groups is 1. The van der Waals surface area contributed by atoms with Crippen molar-refractivity contribution in [3.05, 3.63) is 82.9 Å². The molecule has 166 valence electrons. The molecular weight excluding hydrogens is 431 g/mol. The van der Waals surface area contributed by atoms with Gasteiger partial charge in [0.25, 0.3) is 0 Å². The number of carbonyl (C=O) groups excluding carboxylic acids is 1. The number of carbonyl (C=O) groups is 1. The Kier molecular flexibility index (Phi) is 5.71. The molecule has 7 nitrogen and oxygen atoms in total. The van der Waals surface area contributed by atoms with Gasteiger partial charge >= 0.3 is 0 Å². The fraction of sp³-hybridized carbons (Fsp3) is 0.304. The van der Waals surface area contributed by atoms with Crippen LogP contribution in [0.4, 0.5) is 4.39 Å². The third-order valence-electron chi connectivity index (χ3n) is 6.07. The summed E-state index contributed by atoms with van der Waals surface area (Å²) in [7, 11) is 0. The minimum Gasteiger partial charge on any atom is -0.352 e. The molecule has 0 aliphatic carbocycles. The Morgan fingerprint density at radius 1 is 1.16 bits per heavy atom. The summed E-state index contributed by atoms with van der Waals surface area (Å²) < 4.78 is 13.0. The molecule has 3 atom stereocenters. The van der Waals surface area contributed by atoms with E-state index in [1.54, 1.807) is 12.1 Å². The topological polar surface area (TPSA) is 72.0 Å². The van der Waals surface area contributed by atoms with Crippen molar-refractivity contribution >= 4 is 23.3 Å². The third-order valence-corrected chi connectivity index (χ3v) is 6.32. The lowest BCUT2D eigenvalue weighted by molar-refractivity contribution is -0.121. The molecule has 0 aromatic heterocycles. The summed E-state index contributed by atoms with van der Waals surface area (Å²) in [4.78, 5) is 14.4. The van der Waals surface area contributed by atoms with Crippen LogP contribution >= 0.6 is 11.6 Å². The van der Waals surface area contributed by atoms with E-state index >= 15 is 0 Å². The Morgan fingerprint density at radius 2 is 1.94 bits per heavy atom. The maximum atomic E-state index is 13.0. The van der Waals surface area contributed by atoms with Crippen molar-refractivity contribution < 1.29 is 9.18 Å². The minimum atomic E-state index is -0.286. The Bertz CT molecular complexity index is 1040. The van der Waals surface area contributed by atoms with Gasteiger partial charge in [-0.2, -0.15) is 5.10 Å². The summed E-state index contributed by atoms with van der Waals surface area (Å²) in [5.74, 6) is 0.498. The predicted octanol–water partition coefficient (Wildman–Crippen LogP) is 3.23. The number of fused-ring (bicyclic) bond motifs is 3. The molecule has 1 saturated heterocycles. The predicted molar refractivity (Wildman–Crippen MR) is 120 cm³/mol. The summed E-state index contributed by atoms with van der Waals surface area (Å²) in [6.45, 7) is 0.380. The monoisotopic (exact) mass is 454 g/mol. The molecule has 1 fully saturated rings. The van der Waals surface area contributed by atoms with Crippen molar-refractivity contribution in [2.24, 2.45) is 5.10 Å². The fourth-order valence-corrected chi connectivity index (χ4v) is 4.47. The third kappa shape index (κ3) is 4.28. The summed E-state index contributed by atoms with van der Waals surface area (Å²) >= 11 is 6.02. The molecule has 0 bridgehead atoms. The van der Waals surface area contributed by atoms with Crippen LogP contribution in [0.3, 0.4) is 0 Å². The fourth-order valence-electron chi connectivity index (χ4n) is 4.34. The lowest BCUT2D eigenvalue weighted by Gasteiger charge is -2.37. The molecule has 3 aliphatic heterocycles. The van der Waals surface area contributed by atoms with Gasteiger partial charge in [0.1, 0.15) is 17.8 Å². The Labute approximate surface area is 190 Å². The average molecular weight is 455 g/mol. The number of hydrazine groups is 1. The van der Waals surface area contributed by atoms with E-state index in [0.29, 0.717) is 19.4 Å². The van der Waals surface area contributed by atoms with Crippen LogP contribution in [0.5, 0.6) is 0 Å². The first-order valence-corrected chi connectivity index (χ1v) is 11.0. The second kappa shape index (κ2) is 8.80. The molecule has 32 heavy (non-hydrogen) atoms. The minimum absolute atomic E-state index is 0.0158. The van der Waals surface area contributed by atoms with Crippen LogP contribution in [-0.2, 0) is 11.3 Å². The zero-order valence-corrected chi connectivity index (χ0v) is 18.1. The van der Waals surface area contributed by atoms with E-state index in [4.69, 9.17) is 11.6 Å². The first-order chi connectivity index (χ1) is 15.6. The van der Waals surface area contributed by atoms with Crippen molar-refractivity contribution in [3.63, 3.8) is 0 Å². The highest BCUT2D eigenvalue weighted by Gasteiger charge is 2.44. The van der Waals surface area contributed by atoms with Gasteiger partial charge in [0, 0.05) is 36.8 Å². The van der Waals surface area contributed by atoms with E-state index < -0.39 is 0 Å². The molecule has 0 radical (unpaired) electrons. The van der Waals surface area contributed by atoms with E-state index in [1.807, 2.05) is 24.5 Å². The zero-order chi connectivity index (χ0) is 22.1. The van der Waals surface area contributed by atoms with Crippen molar-refractivity contribution in [1.82, 2.24) is 26.1 Å². The lowest BCUT2D eigenvalue weighted by atomic mass is 9.99. The summed E-state index contributed by atoms with van der Waals surface area (Å²) in [6, 6.07) is 14.4. The van der Waals surface area contributed by atoms with Crippen molar-refractivity contribution in [3.8, 4) is 0 Å². The van der Waals surface area contributed by atoms with Crippen LogP contribution in [-0.4, -0.2) is 33.9 Å². The second-order valence-corrected chi connectivity index (χ2v) is 8.59. The number of amidine groups is 1. The number of amides is 1. The Hall–Kier alpha value is -3.10. The number of benzene rings is 2. The van der Waals surface area contributed by atoms with Gasteiger partial charge in [-0.05, 0) is 41.8 Å². The highest BCUT2D eigenvalue weighted by atomic mass is 35.5. The quantitative estimate of drug-likeness (QED) is 0.625. The first-order valence-electron chi connectivity index (χ1n) is 10.7. The van der Waals surface area contributed by atoms with Crippen LogP contribution in [0.1, 0.15) is 36.4 Å². The largest absolute Gasteiger partial charge is 0.352 e. The van der Waals surface area contributed by atoms with Crippen LogP contribution in [0.15, 0.2) is 66.0 Å². The van der Waals surface area contributed by atoms with E-state index in [2.05, 4.69) is 43.3 Å². The van der Waals surface area contributed by atoms with Gasteiger partial charge < -0.3 is 15.2 Å². The number of rotatable bonds is 6. The van der Waals surface area contributed by atoms with E-state index in [0.717, 1.165) is 22.8 Å². The normalized spacial score (nSPS) is 23.4. The summed E-state index contributed by atoms with van der Waals surface area (Å²) in [6.07, 6.45) is 5.81. The standard InChI is InChI=1S/C23H24ClFN6O/c24-17-5-3-16(4-6-17)19-13-20-23-28-27-21(30(23)11-12-31(20)29-19)9-10-22(32)26-14-15-1-7-18(25)8-2-15/h1-8,11-12,19-20,23,28-29H,9-10,13-14H2,(H,26,32). The van der Waals surface area contributed by atoms with Gasteiger partial charge in [0.2, 0.25) is 5.91 Å². The SMILES string of the molecule is O=C(CCC1=NNC2C3CC(c4ccc(Cl)cc4)NN3C=CN12)NCc1ccc(F)cc1. The van der Waals surface area contributed by atoms with Gasteiger partial charge in [0.15, 0.2) is 0 Å². The van der Waals surface area contributed by atoms with E-state index in [-0.39, 0.29) is 30.0 Å². The van der Waals surface area contributed by atoms with Crippen LogP contribution in [0.25, 0.3) is 0 Å². The molecule has 3 aliphatic rings. The lowest BCUT2D eigenvalue weighted by Crippen LogP contribution is -2.54. The number of hydrogen-bond acceptors (Lipinski definition) is 6. The molecule has 2 aromatic carbocycles. The molecule has 2 aromatic rings. The smallest absolute Gasteiger partial charge is 0.220 e. The van der Waals surface area contributed by atoms with Crippen LogP contribution in [0.2, 0.25) is 5.02 Å². The molecule has 5 rings (SSSR count). The van der Waals surface area contributed by atoms with Gasteiger partial charge in [-0.1, -0.05) is 35.9 Å². The van der Waals surface area contributed by atoms with Gasteiger partial charge in [-0.3, -0.25) is 10.2 Å². The highest BCUT2D eigenvalue weighted by Crippen LogP contribution is 2.34. The average Bonchev–Trinajstić information content (AvgIpc) is 3.41. The number of hydrogen-bond donors (Lipinski definition) is 3. The van der Waals surface area contributed by atoms with Crippen molar-refractivity contribution in [2.45, 2.75) is 44.1 Å². The Morgan fingerprint density at radius 3 is 2.72 bits per heavy atom. The first kappa shape index (κ1) is 20.8. The van der Waals surface area contributed by atoms with Gasteiger partial charge in [0.05, 0.1) is 12.1 Å². The van der Waals surface area contributed by atoms with Crippen LogP contribution < -0.4 is 16.2 Å². The van der Waals surface area contributed by atoms with Crippen molar-refractivity contribution in [2.75, 3.05) is 0 Å². The van der Waals surface area contributed by atoms with E-state index in [1.165, 1.54) is 17.7 Å². The molecule has 0 saturated carbocycles. The summed E-state index contributed by atoms with van der Waals surface area (Å²) in [5.41, 5.74) is 8.84. The molecule has 3 heterocycles. The zero-order valence-electron chi connectivity index (χ0n) is 17.3. The van der Waals surface area contributed by atoms with Crippen LogP contribution in [0, 0.1) is 5.82 Å². The molecule has 1 amide bonds. The molecule has 3 N–H and O–H groups in total. The van der Waals surface area contributed by atoms with E-state index in [9.17, 15) is 9.18 Å². The molecule has 0 spiro atoms. The number of nitrogens with zero attached hydrogens (tertiary/aromatic N) is 3. The molecular formula is C23H24ClFN6O. The van der Waals surface area contributed by atoms with Crippen molar-refractivity contribution in [1.29, 1.82) is 0 Å². The van der Waals surface area contributed by atoms with Gasteiger partial charge in [-0.15, -0.1) is 0 Å². The van der Waals surface area contributed by atoms with Gasteiger partial charge in [-0.25, -0.2) is 9.82 Å². The molecule has 3 unspecified atom stereocenters. The summed E-state index contributed by atoms with van der Waals surface area (Å²) in [5, 5.41) is 10.2. The maximum absolute atomic E-state index is 13.0. The Balaban J connectivity index is 1.14. The number of nitrogens with one attached hydrogen (secondary N) is 3. The second-order valence-electron chi connectivity index (χ2n) is 8.15. The highest BCUT2D eigenvalue weighted by molar-refractivity contribution is 6.30. The number of halogens is 2. The maximum Gasteiger partial charge on any atom is 0.220 e. The molecule has 9 heteroatoms.